The zero-order valence-electron chi connectivity index (χ0n) is 12.8. The second-order valence-corrected chi connectivity index (χ2v) is 5.84. The molecule has 1 aromatic carbocycles. The minimum atomic E-state index is 0.0696. The molecule has 1 aliphatic heterocycles. The topological polar surface area (TPSA) is 45.2 Å². The molecule has 1 N–H and O–H groups in total. The number of aromatic nitrogens is 1. The van der Waals surface area contributed by atoms with Crippen molar-refractivity contribution in [1.82, 2.24) is 15.2 Å². The summed E-state index contributed by atoms with van der Waals surface area (Å²) in [5.74, 6) is 0.0696. The molecule has 1 fully saturated rings. The second kappa shape index (κ2) is 6.71. The first-order valence-corrected chi connectivity index (χ1v) is 7.72. The maximum atomic E-state index is 12.7. The lowest BCUT2D eigenvalue weighted by atomic mass is 10.0. The molecule has 4 nitrogen and oxygen atoms in total. The van der Waals surface area contributed by atoms with Gasteiger partial charge in [0, 0.05) is 37.6 Å². The zero-order valence-corrected chi connectivity index (χ0v) is 12.8. The van der Waals surface area contributed by atoms with Crippen molar-refractivity contribution in [1.29, 1.82) is 0 Å². The smallest absolute Gasteiger partial charge is 0.255 e. The molecule has 0 aliphatic carbocycles. The van der Waals surface area contributed by atoms with Gasteiger partial charge in [-0.1, -0.05) is 30.3 Å². The number of nitrogens with one attached hydrogen (secondary N) is 1. The van der Waals surface area contributed by atoms with Gasteiger partial charge >= 0.3 is 0 Å². The Hall–Kier alpha value is -2.20. The van der Waals surface area contributed by atoms with Gasteiger partial charge < -0.3 is 10.2 Å². The summed E-state index contributed by atoms with van der Waals surface area (Å²) in [7, 11) is 0. The Labute approximate surface area is 131 Å². The molecule has 0 saturated carbocycles. The number of nitrogens with zero attached hydrogens (tertiary/aromatic N) is 2. The van der Waals surface area contributed by atoms with E-state index in [9.17, 15) is 4.79 Å². The summed E-state index contributed by atoms with van der Waals surface area (Å²) >= 11 is 0. The van der Waals surface area contributed by atoms with E-state index in [0.29, 0.717) is 11.6 Å². The summed E-state index contributed by atoms with van der Waals surface area (Å²) in [6.07, 6.45) is 4.27. The fourth-order valence-electron chi connectivity index (χ4n) is 2.90. The maximum Gasteiger partial charge on any atom is 0.255 e. The number of amides is 1. The lowest BCUT2D eigenvalue weighted by molar-refractivity contribution is 0.0607. The summed E-state index contributed by atoms with van der Waals surface area (Å²) in [6, 6.07) is 14.5. The van der Waals surface area contributed by atoms with Gasteiger partial charge in [-0.15, -0.1) is 0 Å². The summed E-state index contributed by atoms with van der Waals surface area (Å²) in [5.41, 5.74) is 1.96. The van der Waals surface area contributed by atoms with Crippen LogP contribution in [-0.2, 0) is 6.42 Å². The van der Waals surface area contributed by atoms with Gasteiger partial charge in [0.05, 0.1) is 5.56 Å². The lowest BCUT2D eigenvalue weighted by Crippen LogP contribution is -2.57. The van der Waals surface area contributed by atoms with E-state index >= 15 is 0 Å². The Morgan fingerprint density at radius 2 is 2.09 bits per heavy atom. The Balaban J connectivity index is 1.70. The van der Waals surface area contributed by atoms with Crippen LogP contribution in [0.5, 0.6) is 0 Å². The number of hydrogen-bond donors (Lipinski definition) is 1. The molecule has 1 amide bonds. The van der Waals surface area contributed by atoms with Gasteiger partial charge in [-0.3, -0.25) is 9.78 Å². The van der Waals surface area contributed by atoms with Crippen LogP contribution >= 0.6 is 0 Å². The fourth-order valence-corrected chi connectivity index (χ4v) is 2.90. The summed E-state index contributed by atoms with van der Waals surface area (Å²) < 4.78 is 0. The zero-order chi connectivity index (χ0) is 15.4. The molecule has 1 aromatic heterocycles. The summed E-state index contributed by atoms with van der Waals surface area (Å²) in [6.45, 7) is 3.63. The largest absolute Gasteiger partial charge is 0.333 e. The van der Waals surface area contributed by atoms with Crippen LogP contribution in [0.2, 0.25) is 0 Å². The molecule has 0 spiro atoms. The number of rotatable bonds is 3. The quantitative estimate of drug-likeness (QED) is 0.943. The van der Waals surface area contributed by atoms with E-state index in [-0.39, 0.29) is 11.9 Å². The van der Waals surface area contributed by atoms with E-state index in [1.165, 1.54) is 5.56 Å². The van der Waals surface area contributed by atoms with Gasteiger partial charge in [0.1, 0.15) is 0 Å². The molecule has 22 heavy (non-hydrogen) atoms. The van der Waals surface area contributed by atoms with Crippen molar-refractivity contribution in [2.75, 3.05) is 13.1 Å². The highest BCUT2D eigenvalue weighted by atomic mass is 16.2. The van der Waals surface area contributed by atoms with Crippen molar-refractivity contribution >= 4 is 5.91 Å². The van der Waals surface area contributed by atoms with Crippen LogP contribution in [0.4, 0.5) is 0 Å². The Morgan fingerprint density at radius 1 is 1.27 bits per heavy atom. The third kappa shape index (κ3) is 3.34. The molecule has 2 unspecified atom stereocenters. The maximum absolute atomic E-state index is 12.7. The van der Waals surface area contributed by atoms with Crippen LogP contribution in [0, 0.1) is 0 Å². The fraction of sp³-hybridized carbons (Fsp3) is 0.333. The van der Waals surface area contributed by atoms with Gasteiger partial charge in [-0.2, -0.15) is 0 Å². The van der Waals surface area contributed by atoms with Crippen molar-refractivity contribution in [2.45, 2.75) is 25.4 Å². The van der Waals surface area contributed by atoms with Crippen molar-refractivity contribution < 1.29 is 4.79 Å². The lowest BCUT2D eigenvalue weighted by Gasteiger charge is -2.39. The van der Waals surface area contributed by atoms with Gasteiger partial charge in [0.15, 0.2) is 0 Å². The number of carbonyl (C=O) groups excluding carboxylic acids is 1. The molecule has 0 bridgehead atoms. The van der Waals surface area contributed by atoms with Crippen LogP contribution in [0.3, 0.4) is 0 Å². The molecule has 114 valence electrons. The van der Waals surface area contributed by atoms with Gasteiger partial charge in [-0.05, 0) is 31.0 Å². The van der Waals surface area contributed by atoms with Crippen LogP contribution in [-0.4, -0.2) is 41.0 Å². The summed E-state index contributed by atoms with van der Waals surface area (Å²) in [4.78, 5) is 18.7. The predicted molar refractivity (Wildman–Crippen MR) is 86.7 cm³/mol. The molecule has 1 aliphatic rings. The van der Waals surface area contributed by atoms with E-state index in [4.69, 9.17) is 0 Å². The number of piperazine rings is 1. The van der Waals surface area contributed by atoms with Crippen molar-refractivity contribution in [3.8, 4) is 0 Å². The normalized spacial score (nSPS) is 21.6. The minimum absolute atomic E-state index is 0.0696. The van der Waals surface area contributed by atoms with Crippen molar-refractivity contribution in [2.24, 2.45) is 0 Å². The molecule has 2 atom stereocenters. The highest BCUT2D eigenvalue weighted by molar-refractivity contribution is 5.94. The van der Waals surface area contributed by atoms with Crippen molar-refractivity contribution in [3.05, 3.63) is 66.0 Å². The van der Waals surface area contributed by atoms with Crippen molar-refractivity contribution in [3.63, 3.8) is 0 Å². The molecular formula is C18H21N3O. The molecule has 2 heterocycles. The van der Waals surface area contributed by atoms with Gasteiger partial charge in [0.25, 0.3) is 5.91 Å². The van der Waals surface area contributed by atoms with E-state index in [2.05, 4.69) is 41.5 Å². The first-order valence-electron chi connectivity index (χ1n) is 7.72. The molecule has 1 saturated heterocycles. The Bertz CT molecular complexity index is 615. The van der Waals surface area contributed by atoms with Crippen LogP contribution in [0.25, 0.3) is 0 Å². The number of pyridine rings is 1. The highest BCUT2D eigenvalue weighted by Crippen LogP contribution is 2.14. The average Bonchev–Trinajstić information content (AvgIpc) is 2.58. The van der Waals surface area contributed by atoms with E-state index in [1.807, 2.05) is 23.1 Å². The third-order valence-corrected chi connectivity index (χ3v) is 4.15. The molecule has 2 aromatic rings. The summed E-state index contributed by atoms with van der Waals surface area (Å²) in [5, 5.41) is 3.54. The molecule has 4 heteroatoms. The number of benzene rings is 1. The number of hydrogen-bond acceptors (Lipinski definition) is 3. The Morgan fingerprint density at radius 3 is 2.82 bits per heavy atom. The standard InChI is InChI=1S/C18H21N3O/c1-14-11-20-17(10-15-6-3-2-4-7-15)13-21(14)18(22)16-8-5-9-19-12-16/h2-9,12,14,17,20H,10-11,13H2,1H3. The van der Waals surface area contributed by atoms with E-state index in [0.717, 1.165) is 19.5 Å². The van der Waals surface area contributed by atoms with E-state index < -0.39 is 0 Å². The predicted octanol–water partition coefficient (Wildman–Crippen LogP) is 2.13. The van der Waals surface area contributed by atoms with Crippen LogP contribution in [0.15, 0.2) is 54.9 Å². The second-order valence-electron chi connectivity index (χ2n) is 5.84. The third-order valence-electron chi connectivity index (χ3n) is 4.15. The average molecular weight is 295 g/mol. The SMILES string of the molecule is CC1CNC(Cc2ccccc2)CN1C(=O)c1cccnc1. The first kappa shape index (κ1) is 14.7. The molecular weight excluding hydrogens is 274 g/mol. The monoisotopic (exact) mass is 295 g/mol. The van der Waals surface area contributed by atoms with E-state index in [1.54, 1.807) is 12.4 Å². The molecule has 0 radical (unpaired) electrons. The molecule has 3 rings (SSSR count). The Kier molecular flexibility index (Phi) is 4.49. The van der Waals surface area contributed by atoms with Crippen LogP contribution < -0.4 is 5.32 Å². The number of carbonyl (C=O) groups is 1. The van der Waals surface area contributed by atoms with Gasteiger partial charge in [-0.25, -0.2) is 0 Å². The van der Waals surface area contributed by atoms with Gasteiger partial charge in [0.2, 0.25) is 0 Å². The highest BCUT2D eigenvalue weighted by Gasteiger charge is 2.29. The first-order chi connectivity index (χ1) is 10.7. The minimum Gasteiger partial charge on any atom is -0.333 e. The van der Waals surface area contributed by atoms with Crippen LogP contribution in [0.1, 0.15) is 22.8 Å².